The molecule has 0 aliphatic rings. The summed E-state index contributed by atoms with van der Waals surface area (Å²) >= 11 is 0. The second-order valence-electron chi connectivity index (χ2n) is 15.7. The third-order valence-electron chi connectivity index (χ3n) is 11.0. The number of carbonyl (C=O) groups excluding carboxylic acids is 1. The smallest absolute Gasteiger partial charge is 0.311 e. The summed E-state index contributed by atoms with van der Waals surface area (Å²) in [7, 11) is 0. The lowest BCUT2D eigenvalue weighted by Crippen LogP contribution is -3.00. The monoisotopic (exact) mass is 764 g/mol. The lowest BCUT2D eigenvalue weighted by molar-refractivity contribution is -0.928. The molecule has 3 nitrogen and oxygen atoms in total. The highest BCUT2D eigenvalue weighted by molar-refractivity contribution is 5.69. The van der Waals surface area contributed by atoms with E-state index in [4.69, 9.17) is 4.74 Å². The number of hydrogen-bond donors (Lipinski definition) is 0. The van der Waals surface area contributed by atoms with Crippen LogP contribution in [-0.4, -0.2) is 36.6 Å². The highest BCUT2D eigenvalue weighted by Gasteiger charge is 2.27. The van der Waals surface area contributed by atoms with Gasteiger partial charge in [0.05, 0.1) is 32.6 Å². The molecular weight excluding hydrogens is 678 g/mol. The molecule has 0 fully saturated rings. The first-order valence-electron chi connectivity index (χ1n) is 22.2. The van der Waals surface area contributed by atoms with Gasteiger partial charge >= 0.3 is 5.97 Å². The maximum Gasteiger partial charge on any atom is 0.311 e. The number of hydrogen-bond acceptors (Lipinski definition) is 2. The Balaban J connectivity index is 0.0000240. The van der Waals surface area contributed by atoms with Crippen molar-refractivity contribution in [3.05, 3.63) is 35.9 Å². The van der Waals surface area contributed by atoms with Crippen LogP contribution >= 0.6 is 0 Å². The molecule has 294 valence electrons. The Bertz CT molecular complexity index is 756. The number of benzene rings is 1. The third-order valence-corrected chi connectivity index (χ3v) is 11.0. The van der Waals surface area contributed by atoms with Crippen LogP contribution < -0.4 is 17.0 Å². The minimum absolute atomic E-state index is 0. The van der Waals surface area contributed by atoms with Crippen molar-refractivity contribution in [3.63, 3.8) is 0 Å². The van der Waals surface area contributed by atoms with Crippen LogP contribution in [0, 0.1) is 0 Å². The zero-order chi connectivity index (χ0) is 35.4. The van der Waals surface area contributed by atoms with Crippen LogP contribution in [0.25, 0.3) is 0 Å². The van der Waals surface area contributed by atoms with E-state index in [1.54, 1.807) is 0 Å². The van der Waals surface area contributed by atoms with Crippen molar-refractivity contribution in [2.45, 2.75) is 226 Å². The average molecular weight is 765 g/mol. The van der Waals surface area contributed by atoms with E-state index in [1.807, 2.05) is 18.2 Å². The Morgan fingerprint density at radius 3 is 1.06 bits per heavy atom. The maximum absolute atomic E-state index is 13.1. The van der Waals surface area contributed by atoms with Crippen molar-refractivity contribution in [2.75, 3.05) is 26.2 Å². The lowest BCUT2D eigenvalue weighted by atomic mass is 10.0. The second kappa shape index (κ2) is 37.9. The molecule has 0 radical (unpaired) electrons. The number of esters is 1. The lowest BCUT2D eigenvalue weighted by Gasteiger charge is -2.39. The van der Waals surface area contributed by atoms with Gasteiger partial charge in [-0.1, -0.05) is 205 Å². The number of unbranched alkanes of at least 4 members (excludes halogenated alkanes) is 27. The first-order chi connectivity index (χ1) is 24.2. The summed E-state index contributed by atoms with van der Waals surface area (Å²) in [6, 6.07) is 10.2. The molecule has 50 heavy (non-hydrogen) atoms. The Morgan fingerprint density at radius 2 is 0.740 bits per heavy atom. The minimum atomic E-state index is -0.0134. The third kappa shape index (κ3) is 30.7. The Morgan fingerprint density at radius 1 is 0.440 bits per heavy atom. The van der Waals surface area contributed by atoms with E-state index < -0.39 is 0 Å². The van der Waals surface area contributed by atoms with Gasteiger partial charge in [0.25, 0.3) is 0 Å². The van der Waals surface area contributed by atoms with Crippen molar-refractivity contribution in [1.82, 2.24) is 0 Å². The quantitative estimate of drug-likeness (QED) is 0.0381. The number of nitrogens with zero attached hydrogens (tertiary/aromatic N) is 1. The molecular formula is C46H86BrNO2. The molecule has 1 aromatic carbocycles. The fourth-order valence-corrected chi connectivity index (χ4v) is 7.61. The zero-order valence-electron chi connectivity index (χ0n) is 34.0. The van der Waals surface area contributed by atoms with E-state index in [0.717, 1.165) is 16.6 Å². The van der Waals surface area contributed by atoms with E-state index in [0.29, 0.717) is 13.0 Å². The van der Waals surface area contributed by atoms with Crippen LogP contribution in [-0.2, 0) is 16.1 Å². The molecule has 0 aromatic heterocycles. The molecule has 0 aliphatic heterocycles. The van der Waals surface area contributed by atoms with Gasteiger partial charge in [-0.15, -0.1) is 0 Å². The molecule has 0 heterocycles. The highest BCUT2D eigenvalue weighted by Crippen LogP contribution is 2.21. The largest absolute Gasteiger partial charge is 1.00 e. The number of rotatable bonds is 38. The molecule has 1 rings (SSSR count). The van der Waals surface area contributed by atoms with Crippen LogP contribution in [0.2, 0.25) is 0 Å². The summed E-state index contributed by atoms with van der Waals surface area (Å²) in [4.78, 5) is 13.1. The van der Waals surface area contributed by atoms with Crippen molar-refractivity contribution >= 4 is 5.97 Å². The molecule has 0 atom stereocenters. The molecule has 0 aliphatic carbocycles. The van der Waals surface area contributed by atoms with E-state index >= 15 is 0 Å². The van der Waals surface area contributed by atoms with Gasteiger partial charge in [0, 0.05) is 0 Å². The normalized spacial score (nSPS) is 11.5. The fourth-order valence-electron chi connectivity index (χ4n) is 7.61. The van der Waals surface area contributed by atoms with E-state index in [-0.39, 0.29) is 23.0 Å². The van der Waals surface area contributed by atoms with Crippen LogP contribution in [0.1, 0.15) is 225 Å². The van der Waals surface area contributed by atoms with Crippen LogP contribution in [0.15, 0.2) is 30.3 Å². The molecule has 1 aromatic rings. The SMILES string of the molecule is CCCCCCCCCCCC[N+](CCCCCCCCCCCC)(CCCCCCCCCCCC)CCC(=O)OCc1ccccc1.[Br-]. The second-order valence-corrected chi connectivity index (χ2v) is 15.7. The molecule has 0 N–H and O–H groups in total. The van der Waals surface area contributed by atoms with Gasteiger partial charge in [-0.25, -0.2) is 0 Å². The van der Waals surface area contributed by atoms with Gasteiger partial charge in [0.15, 0.2) is 0 Å². The topological polar surface area (TPSA) is 26.3 Å². The Hall–Kier alpha value is -0.870. The van der Waals surface area contributed by atoms with Gasteiger partial charge in [0.1, 0.15) is 6.61 Å². The Kier molecular flexibility index (Phi) is 37.2. The van der Waals surface area contributed by atoms with Crippen molar-refractivity contribution in [3.8, 4) is 0 Å². The van der Waals surface area contributed by atoms with E-state index in [2.05, 4.69) is 32.9 Å². The Labute approximate surface area is 324 Å². The summed E-state index contributed by atoms with van der Waals surface area (Å²) < 4.78 is 6.93. The van der Waals surface area contributed by atoms with Crippen molar-refractivity contribution in [2.24, 2.45) is 0 Å². The average Bonchev–Trinajstić information content (AvgIpc) is 3.12. The first kappa shape index (κ1) is 49.1. The number of carbonyl (C=O) groups is 1. The van der Waals surface area contributed by atoms with Crippen LogP contribution in [0.3, 0.4) is 0 Å². The van der Waals surface area contributed by atoms with E-state index in [1.165, 1.54) is 212 Å². The van der Waals surface area contributed by atoms with Crippen LogP contribution in [0.5, 0.6) is 0 Å². The predicted octanol–water partition coefficient (Wildman–Crippen LogP) is 11.7. The molecule has 0 amide bonds. The summed E-state index contributed by atoms with van der Waals surface area (Å²) in [5, 5.41) is 0. The number of ether oxygens (including phenoxy) is 1. The number of halogens is 1. The van der Waals surface area contributed by atoms with Crippen molar-refractivity contribution < 1.29 is 31.0 Å². The first-order valence-corrected chi connectivity index (χ1v) is 22.2. The summed E-state index contributed by atoms with van der Waals surface area (Å²) in [5.74, 6) is -0.0134. The van der Waals surface area contributed by atoms with Gasteiger partial charge in [-0.05, 0) is 44.1 Å². The molecule has 4 heteroatoms. The molecule has 0 spiro atoms. The van der Waals surface area contributed by atoms with Gasteiger partial charge < -0.3 is 26.2 Å². The van der Waals surface area contributed by atoms with Gasteiger partial charge in [-0.3, -0.25) is 4.79 Å². The molecule has 0 saturated heterocycles. The molecule has 0 unspecified atom stereocenters. The fraction of sp³-hybridized carbons (Fsp3) is 0.848. The number of quaternary nitrogens is 1. The van der Waals surface area contributed by atoms with E-state index in [9.17, 15) is 4.79 Å². The van der Waals surface area contributed by atoms with Crippen molar-refractivity contribution in [1.29, 1.82) is 0 Å². The predicted molar refractivity (Wildman–Crippen MR) is 216 cm³/mol. The summed E-state index contributed by atoms with van der Waals surface area (Å²) in [6.07, 6.45) is 42.1. The highest BCUT2D eigenvalue weighted by atomic mass is 79.9. The van der Waals surface area contributed by atoms with Gasteiger partial charge in [0.2, 0.25) is 0 Å². The van der Waals surface area contributed by atoms with Gasteiger partial charge in [-0.2, -0.15) is 0 Å². The molecule has 0 bridgehead atoms. The molecule has 0 saturated carbocycles. The van der Waals surface area contributed by atoms with Crippen LogP contribution in [0.4, 0.5) is 0 Å². The zero-order valence-corrected chi connectivity index (χ0v) is 35.6. The maximum atomic E-state index is 13.1. The summed E-state index contributed by atoms with van der Waals surface area (Å²) in [5.41, 5.74) is 1.08. The standard InChI is InChI=1S/C46H86NO2.BrH/c1-4-7-10-13-16-19-22-25-28-34-40-47(41-35-29-26-23-20-17-14-11-8-5-2,42-36-30-27-24-21-18-15-12-9-6-3)43-39-46(48)49-44-45-37-32-31-33-38-45;/h31-33,37-38H,4-30,34-36,39-44H2,1-3H3;1H/q+1;/p-1. The minimum Gasteiger partial charge on any atom is -1.00 e. The summed E-state index contributed by atoms with van der Waals surface area (Å²) in [6.45, 7) is 12.0.